The Balaban J connectivity index is 1.71. The van der Waals surface area contributed by atoms with Crippen molar-refractivity contribution in [1.29, 1.82) is 0 Å². The van der Waals surface area contributed by atoms with Crippen LogP contribution in [0, 0.1) is 6.92 Å². The number of thiophene rings is 1. The summed E-state index contributed by atoms with van der Waals surface area (Å²) in [5.74, 6) is -0.489. The molecule has 0 spiro atoms. The van der Waals surface area contributed by atoms with E-state index in [1.165, 1.54) is 18.4 Å². The number of aromatic nitrogens is 2. The first-order chi connectivity index (χ1) is 13.0. The summed E-state index contributed by atoms with van der Waals surface area (Å²) in [4.78, 5) is 28.1. The summed E-state index contributed by atoms with van der Waals surface area (Å²) in [7, 11) is 1.35. The van der Waals surface area contributed by atoms with Crippen LogP contribution in [0.1, 0.15) is 28.2 Å². The van der Waals surface area contributed by atoms with Gasteiger partial charge in [-0.1, -0.05) is 11.6 Å². The monoisotopic (exact) mass is 403 g/mol. The van der Waals surface area contributed by atoms with Crippen LogP contribution in [0.4, 0.5) is 0 Å². The fourth-order valence-electron chi connectivity index (χ4n) is 3.44. The number of esters is 1. The van der Waals surface area contributed by atoms with Crippen molar-refractivity contribution in [3.63, 3.8) is 0 Å². The van der Waals surface area contributed by atoms with Gasteiger partial charge >= 0.3 is 5.97 Å². The second-order valence-corrected chi connectivity index (χ2v) is 7.95. The maximum atomic E-state index is 13.0. The highest BCUT2D eigenvalue weighted by atomic mass is 35.5. The minimum atomic E-state index is -0.499. The molecule has 1 amide bonds. The molecule has 1 saturated heterocycles. The number of carbonyl (C=O) groups excluding carboxylic acids is 2. The highest BCUT2D eigenvalue weighted by Crippen LogP contribution is 2.32. The Bertz CT molecular complexity index is 1020. The Morgan fingerprint density at radius 3 is 2.74 bits per heavy atom. The molecule has 1 fully saturated rings. The molecule has 3 heterocycles. The number of aryl methyl sites for hydroxylation is 1. The molecule has 6 nitrogen and oxygen atoms in total. The van der Waals surface area contributed by atoms with Gasteiger partial charge in [-0.25, -0.2) is 9.48 Å². The zero-order valence-electron chi connectivity index (χ0n) is 14.9. The number of carbonyl (C=O) groups is 2. The highest BCUT2D eigenvalue weighted by Gasteiger charge is 2.36. The van der Waals surface area contributed by atoms with E-state index in [9.17, 15) is 9.59 Å². The summed E-state index contributed by atoms with van der Waals surface area (Å²) in [5, 5.41) is 6.18. The van der Waals surface area contributed by atoms with E-state index < -0.39 is 6.04 Å². The van der Waals surface area contributed by atoms with Crippen LogP contribution in [0.5, 0.6) is 0 Å². The molecule has 0 aliphatic carbocycles. The molecule has 0 saturated carbocycles. The average molecular weight is 404 g/mol. The van der Waals surface area contributed by atoms with E-state index in [4.69, 9.17) is 16.3 Å². The molecule has 0 bridgehead atoms. The molecule has 4 rings (SSSR count). The Labute approximate surface area is 165 Å². The number of ether oxygens (including phenoxy) is 1. The first kappa shape index (κ1) is 18.0. The number of amides is 1. The SMILES string of the molecule is COC(=O)C1CCCN1C(=O)c1cc2c(C)nn(-c3ccc(Cl)cc3)c2s1. The summed E-state index contributed by atoms with van der Waals surface area (Å²) < 4.78 is 6.67. The fourth-order valence-corrected chi connectivity index (χ4v) is 4.71. The van der Waals surface area contributed by atoms with Crippen molar-refractivity contribution in [2.45, 2.75) is 25.8 Å². The van der Waals surface area contributed by atoms with E-state index in [1.54, 1.807) is 4.90 Å². The van der Waals surface area contributed by atoms with Crippen LogP contribution < -0.4 is 0 Å². The van der Waals surface area contributed by atoms with Gasteiger partial charge in [0.25, 0.3) is 5.91 Å². The Hall–Kier alpha value is -2.38. The highest BCUT2D eigenvalue weighted by molar-refractivity contribution is 7.20. The minimum Gasteiger partial charge on any atom is -0.467 e. The van der Waals surface area contributed by atoms with Gasteiger partial charge in [0.05, 0.1) is 23.4 Å². The molecule has 2 aromatic heterocycles. The number of likely N-dealkylation sites (tertiary alicyclic amines) is 1. The van der Waals surface area contributed by atoms with Gasteiger partial charge in [-0.3, -0.25) is 4.79 Å². The molecule has 1 aliphatic heterocycles. The van der Waals surface area contributed by atoms with Gasteiger partial charge in [0.1, 0.15) is 10.9 Å². The zero-order chi connectivity index (χ0) is 19.1. The normalized spacial score (nSPS) is 16.9. The van der Waals surface area contributed by atoms with Gasteiger partial charge in [0.15, 0.2) is 0 Å². The molecular weight excluding hydrogens is 386 g/mol. The number of methoxy groups -OCH3 is 1. The van der Waals surface area contributed by atoms with E-state index in [0.29, 0.717) is 22.9 Å². The number of nitrogens with zero attached hydrogens (tertiary/aromatic N) is 3. The summed E-state index contributed by atoms with van der Waals surface area (Å²) in [6.07, 6.45) is 1.44. The zero-order valence-corrected chi connectivity index (χ0v) is 16.5. The molecule has 0 N–H and O–H groups in total. The number of benzene rings is 1. The maximum Gasteiger partial charge on any atom is 0.328 e. The lowest BCUT2D eigenvalue weighted by molar-refractivity contribution is -0.145. The van der Waals surface area contributed by atoms with Gasteiger partial charge in [-0.2, -0.15) is 5.10 Å². The number of hydrogen-bond donors (Lipinski definition) is 0. The van der Waals surface area contributed by atoms with E-state index in [2.05, 4.69) is 5.10 Å². The second kappa shape index (κ2) is 6.98. The molecule has 140 valence electrons. The van der Waals surface area contributed by atoms with Crippen LogP contribution in [0.25, 0.3) is 15.9 Å². The molecule has 1 unspecified atom stereocenters. The molecule has 1 aromatic carbocycles. The minimum absolute atomic E-state index is 0.133. The van der Waals surface area contributed by atoms with Gasteiger partial charge in [0, 0.05) is 17.0 Å². The van der Waals surface area contributed by atoms with Crippen molar-refractivity contribution in [3.8, 4) is 5.69 Å². The third-order valence-electron chi connectivity index (χ3n) is 4.81. The maximum absolute atomic E-state index is 13.0. The quantitative estimate of drug-likeness (QED) is 0.623. The van der Waals surface area contributed by atoms with Crippen LogP contribution in [-0.2, 0) is 9.53 Å². The van der Waals surface area contributed by atoms with Crippen molar-refractivity contribution in [1.82, 2.24) is 14.7 Å². The topological polar surface area (TPSA) is 64.4 Å². The first-order valence-corrected chi connectivity index (χ1v) is 9.83. The first-order valence-electron chi connectivity index (χ1n) is 8.63. The van der Waals surface area contributed by atoms with Crippen molar-refractivity contribution in [3.05, 3.63) is 45.9 Å². The van der Waals surface area contributed by atoms with Crippen LogP contribution in [0.3, 0.4) is 0 Å². The standard InChI is InChI=1S/C19H18ClN3O3S/c1-11-14-10-16(17(24)22-9-3-4-15(22)19(25)26-2)27-18(14)23(21-11)13-7-5-12(20)6-8-13/h5-8,10,15H,3-4,9H2,1-2H3. The summed E-state index contributed by atoms with van der Waals surface area (Å²) in [6.45, 7) is 2.48. The average Bonchev–Trinajstić information content (AvgIpc) is 3.38. The fraction of sp³-hybridized carbons (Fsp3) is 0.316. The Morgan fingerprint density at radius 2 is 2.04 bits per heavy atom. The van der Waals surface area contributed by atoms with Crippen LogP contribution in [-0.4, -0.2) is 46.3 Å². The molecule has 0 radical (unpaired) electrons. The molecular formula is C19H18ClN3O3S. The predicted molar refractivity (Wildman–Crippen MR) is 105 cm³/mol. The molecule has 8 heteroatoms. The van der Waals surface area contributed by atoms with Gasteiger partial charge < -0.3 is 9.64 Å². The van der Waals surface area contributed by atoms with Gasteiger partial charge in [-0.15, -0.1) is 11.3 Å². The van der Waals surface area contributed by atoms with Crippen molar-refractivity contribution in [2.24, 2.45) is 0 Å². The lowest BCUT2D eigenvalue weighted by Crippen LogP contribution is -2.40. The van der Waals surface area contributed by atoms with E-state index >= 15 is 0 Å². The smallest absolute Gasteiger partial charge is 0.328 e. The largest absolute Gasteiger partial charge is 0.467 e. The van der Waals surface area contributed by atoms with Crippen molar-refractivity contribution in [2.75, 3.05) is 13.7 Å². The summed E-state index contributed by atoms with van der Waals surface area (Å²) in [6, 6.07) is 8.77. The molecule has 1 aliphatic rings. The Kier molecular flexibility index (Phi) is 4.65. The third kappa shape index (κ3) is 3.11. The molecule has 3 aromatic rings. The lowest BCUT2D eigenvalue weighted by Gasteiger charge is -2.21. The summed E-state index contributed by atoms with van der Waals surface area (Å²) in [5.41, 5.74) is 1.73. The van der Waals surface area contributed by atoms with E-state index in [1.807, 2.05) is 41.9 Å². The van der Waals surface area contributed by atoms with Crippen LogP contribution in [0.15, 0.2) is 30.3 Å². The number of halogens is 1. The molecule has 1 atom stereocenters. The van der Waals surface area contributed by atoms with Crippen molar-refractivity contribution >= 4 is 45.0 Å². The number of fused-ring (bicyclic) bond motifs is 1. The molecule has 27 heavy (non-hydrogen) atoms. The van der Waals surface area contributed by atoms with Crippen molar-refractivity contribution < 1.29 is 14.3 Å². The predicted octanol–water partition coefficient (Wildman–Crippen LogP) is 3.83. The van der Waals surface area contributed by atoms with E-state index in [0.717, 1.165) is 28.0 Å². The van der Waals surface area contributed by atoms with Crippen LogP contribution >= 0.6 is 22.9 Å². The lowest BCUT2D eigenvalue weighted by atomic mass is 10.2. The van der Waals surface area contributed by atoms with E-state index in [-0.39, 0.29) is 11.9 Å². The van der Waals surface area contributed by atoms with Gasteiger partial charge in [-0.05, 0) is 50.1 Å². The second-order valence-electron chi connectivity index (χ2n) is 6.48. The third-order valence-corrected chi connectivity index (χ3v) is 6.16. The van der Waals surface area contributed by atoms with Gasteiger partial charge in [0.2, 0.25) is 0 Å². The van der Waals surface area contributed by atoms with Crippen LogP contribution in [0.2, 0.25) is 5.02 Å². The number of hydrogen-bond acceptors (Lipinski definition) is 5. The summed E-state index contributed by atoms with van der Waals surface area (Å²) >= 11 is 7.36. The number of rotatable bonds is 3. The Morgan fingerprint density at radius 1 is 1.30 bits per heavy atom.